The van der Waals surface area contributed by atoms with Gasteiger partial charge in [0.25, 0.3) is 0 Å². The Bertz CT molecular complexity index is 151. The third-order valence-corrected chi connectivity index (χ3v) is 2.05. The zero-order chi connectivity index (χ0) is 7.78. The van der Waals surface area contributed by atoms with Crippen LogP contribution in [0.3, 0.4) is 0 Å². The maximum Gasteiger partial charge on any atom is 0.222 e. The molecule has 1 atom stereocenters. The number of piperidine rings is 1. The maximum atomic E-state index is 11.0. The quantitative estimate of drug-likeness (QED) is 0.539. The van der Waals surface area contributed by atoms with Crippen molar-refractivity contribution in [2.75, 3.05) is 6.54 Å². The Morgan fingerprint density at radius 2 is 2.20 bits per heavy atom. The van der Waals surface area contributed by atoms with E-state index < -0.39 is 0 Å². The van der Waals surface area contributed by atoms with E-state index >= 15 is 0 Å². The highest BCUT2D eigenvalue weighted by Crippen LogP contribution is 2.27. The molecular weight excluding hydrogens is 126 g/mol. The average molecular weight is 141 g/mol. The summed E-state index contributed by atoms with van der Waals surface area (Å²) in [7, 11) is 0. The van der Waals surface area contributed by atoms with Gasteiger partial charge in [0.1, 0.15) is 0 Å². The van der Waals surface area contributed by atoms with Crippen LogP contribution in [0.5, 0.6) is 0 Å². The number of rotatable bonds is 0. The van der Waals surface area contributed by atoms with Crippen LogP contribution in [0.2, 0.25) is 0 Å². The minimum absolute atomic E-state index is 0.198. The van der Waals surface area contributed by atoms with Gasteiger partial charge in [-0.05, 0) is 11.8 Å². The predicted octanol–water partition coefficient (Wildman–Crippen LogP) is 1.17. The van der Waals surface area contributed by atoms with E-state index in [2.05, 4.69) is 19.2 Å². The molecule has 1 N–H and O–H groups in total. The predicted molar refractivity (Wildman–Crippen MR) is 40.6 cm³/mol. The van der Waals surface area contributed by atoms with Gasteiger partial charge in [0.2, 0.25) is 5.91 Å². The molecule has 0 bridgehead atoms. The number of hydrogen-bond donors (Lipinski definition) is 1. The van der Waals surface area contributed by atoms with Crippen LogP contribution in [-0.4, -0.2) is 12.5 Å². The first-order valence-electron chi connectivity index (χ1n) is 3.79. The molecule has 0 aromatic carbocycles. The van der Waals surface area contributed by atoms with E-state index in [1.54, 1.807) is 0 Å². The monoisotopic (exact) mass is 141 g/mol. The molecule has 0 aliphatic carbocycles. The minimum atomic E-state index is 0.198. The molecule has 0 aromatic heterocycles. The second-order valence-electron chi connectivity index (χ2n) is 3.99. The summed E-state index contributed by atoms with van der Waals surface area (Å²) in [5, 5.41) is 2.88. The molecule has 1 rings (SSSR count). The average Bonchev–Trinajstić information content (AvgIpc) is 1.79. The normalized spacial score (nSPS) is 31.5. The van der Waals surface area contributed by atoms with E-state index in [1.165, 1.54) is 0 Å². The molecule has 1 amide bonds. The number of carbonyl (C=O) groups is 1. The van der Waals surface area contributed by atoms with Crippen molar-refractivity contribution in [2.45, 2.75) is 27.2 Å². The Hall–Kier alpha value is -0.530. The molecular formula is C8H15NO. The lowest BCUT2D eigenvalue weighted by molar-refractivity contribution is -0.128. The number of carbonyl (C=O) groups excluding carboxylic acids is 1. The van der Waals surface area contributed by atoms with Gasteiger partial charge in [0.15, 0.2) is 0 Å². The van der Waals surface area contributed by atoms with Crippen LogP contribution in [-0.2, 0) is 4.79 Å². The molecule has 0 unspecified atom stereocenters. The smallest absolute Gasteiger partial charge is 0.222 e. The van der Waals surface area contributed by atoms with Gasteiger partial charge in [-0.25, -0.2) is 0 Å². The SMILES string of the molecule is C[C@H]1CC(C)(C)CNC1=O. The third-order valence-electron chi connectivity index (χ3n) is 2.05. The van der Waals surface area contributed by atoms with Gasteiger partial charge in [-0.3, -0.25) is 4.79 Å². The first kappa shape index (κ1) is 7.58. The lowest BCUT2D eigenvalue weighted by atomic mass is 9.80. The van der Waals surface area contributed by atoms with Crippen molar-refractivity contribution in [3.63, 3.8) is 0 Å². The summed E-state index contributed by atoms with van der Waals surface area (Å²) in [6, 6.07) is 0. The summed E-state index contributed by atoms with van der Waals surface area (Å²) in [4.78, 5) is 11.0. The Balaban J connectivity index is 2.57. The molecule has 0 spiro atoms. The molecule has 1 saturated heterocycles. The van der Waals surface area contributed by atoms with Crippen molar-refractivity contribution in [3.05, 3.63) is 0 Å². The Labute approximate surface area is 62.0 Å². The molecule has 1 heterocycles. The van der Waals surface area contributed by atoms with Crippen LogP contribution in [0, 0.1) is 11.3 Å². The summed E-state index contributed by atoms with van der Waals surface area (Å²) in [5.74, 6) is 0.406. The summed E-state index contributed by atoms with van der Waals surface area (Å²) in [6.07, 6.45) is 1.01. The molecule has 0 saturated carbocycles. The largest absolute Gasteiger partial charge is 0.355 e. The van der Waals surface area contributed by atoms with Gasteiger partial charge in [0.05, 0.1) is 0 Å². The maximum absolute atomic E-state index is 11.0. The van der Waals surface area contributed by atoms with Gasteiger partial charge < -0.3 is 5.32 Å². The lowest BCUT2D eigenvalue weighted by Crippen LogP contribution is -2.44. The molecule has 2 heteroatoms. The van der Waals surface area contributed by atoms with Crippen LogP contribution in [0.1, 0.15) is 27.2 Å². The van der Waals surface area contributed by atoms with Crippen LogP contribution >= 0.6 is 0 Å². The fraction of sp³-hybridized carbons (Fsp3) is 0.875. The second kappa shape index (κ2) is 2.26. The zero-order valence-corrected chi connectivity index (χ0v) is 6.90. The van der Waals surface area contributed by atoms with Gasteiger partial charge in [-0.2, -0.15) is 0 Å². The zero-order valence-electron chi connectivity index (χ0n) is 6.90. The van der Waals surface area contributed by atoms with E-state index in [0.717, 1.165) is 13.0 Å². The molecule has 1 fully saturated rings. The molecule has 0 aromatic rings. The number of amides is 1. The van der Waals surface area contributed by atoms with Crippen molar-refractivity contribution in [2.24, 2.45) is 11.3 Å². The van der Waals surface area contributed by atoms with Gasteiger partial charge in [0, 0.05) is 12.5 Å². The topological polar surface area (TPSA) is 29.1 Å². The van der Waals surface area contributed by atoms with Crippen LogP contribution in [0.4, 0.5) is 0 Å². The Morgan fingerprint density at radius 3 is 2.60 bits per heavy atom. The van der Waals surface area contributed by atoms with Crippen molar-refractivity contribution in [3.8, 4) is 0 Å². The Kier molecular flexibility index (Phi) is 1.71. The molecule has 58 valence electrons. The molecule has 1 aliphatic heterocycles. The summed E-state index contributed by atoms with van der Waals surface area (Å²) in [5.41, 5.74) is 0.299. The van der Waals surface area contributed by atoms with Crippen molar-refractivity contribution in [1.82, 2.24) is 5.32 Å². The van der Waals surface area contributed by atoms with Crippen molar-refractivity contribution >= 4 is 5.91 Å². The Morgan fingerprint density at radius 1 is 1.60 bits per heavy atom. The number of hydrogen-bond acceptors (Lipinski definition) is 1. The molecule has 1 aliphatic rings. The standard InChI is InChI=1S/C8H15NO/c1-6-4-8(2,3)5-9-7(6)10/h6H,4-5H2,1-3H3,(H,9,10)/t6-/m0/s1. The summed E-state index contributed by atoms with van der Waals surface area (Å²) in [6.45, 7) is 7.18. The van der Waals surface area contributed by atoms with E-state index in [4.69, 9.17) is 0 Å². The fourth-order valence-electron chi connectivity index (χ4n) is 1.49. The third kappa shape index (κ3) is 1.49. The number of nitrogens with one attached hydrogen (secondary N) is 1. The van der Waals surface area contributed by atoms with E-state index in [9.17, 15) is 4.79 Å². The molecule has 2 nitrogen and oxygen atoms in total. The van der Waals surface area contributed by atoms with Gasteiger partial charge in [-0.15, -0.1) is 0 Å². The first-order chi connectivity index (χ1) is 4.51. The second-order valence-corrected chi connectivity index (χ2v) is 3.99. The minimum Gasteiger partial charge on any atom is -0.355 e. The van der Waals surface area contributed by atoms with E-state index in [1.807, 2.05) is 6.92 Å². The van der Waals surface area contributed by atoms with Crippen molar-refractivity contribution in [1.29, 1.82) is 0 Å². The summed E-state index contributed by atoms with van der Waals surface area (Å²) >= 11 is 0. The highest BCUT2D eigenvalue weighted by Gasteiger charge is 2.30. The van der Waals surface area contributed by atoms with E-state index in [-0.39, 0.29) is 11.8 Å². The first-order valence-corrected chi connectivity index (χ1v) is 3.79. The van der Waals surface area contributed by atoms with E-state index in [0.29, 0.717) is 5.41 Å². The fourth-order valence-corrected chi connectivity index (χ4v) is 1.49. The summed E-state index contributed by atoms with van der Waals surface area (Å²) < 4.78 is 0. The van der Waals surface area contributed by atoms with Gasteiger partial charge in [-0.1, -0.05) is 20.8 Å². The van der Waals surface area contributed by atoms with Gasteiger partial charge >= 0.3 is 0 Å². The van der Waals surface area contributed by atoms with Crippen molar-refractivity contribution < 1.29 is 4.79 Å². The molecule has 0 radical (unpaired) electrons. The highest BCUT2D eigenvalue weighted by atomic mass is 16.1. The lowest BCUT2D eigenvalue weighted by Gasteiger charge is -2.33. The van der Waals surface area contributed by atoms with Crippen LogP contribution < -0.4 is 5.32 Å². The van der Waals surface area contributed by atoms with Crippen LogP contribution in [0.25, 0.3) is 0 Å². The highest BCUT2D eigenvalue weighted by molar-refractivity contribution is 5.79. The van der Waals surface area contributed by atoms with Crippen LogP contribution in [0.15, 0.2) is 0 Å². The molecule has 10 heavy (non-hydrogen) atoms.